The minimum atomic E-state index is 0.144. The Labute approximate surface area is 97.2 Å². The maximum absolute atomic E-state index is 11.5. The van der Waals surface area contributed by atoms with Crippen LogP contribution in [0.25, 0.3) is 0 Å². The Morgan fingerprint density at radius 3 is 2.38 bits per heavy atom. The molecular formula is C13H20N2O. The van der Waals surface area contributed by atoms with Crippen molar-refractivity contribution in [1.82, 2.24) is 5.43 Å². The summed E-state index contributed by atoms with van der Waals surface area (Å²) in [5, 5.41) is 0. The molecule has 1 aromatic rings. The van der Waals surface area contributed by atoms with E-state index in [1.54, 1.807) is 0 Å². The second-order valence-corrected chi connectivity index (χ2v) is 4.19. The molecule has 0 unspecified atom stereocenters. The van der Waals surface area contributed by atoms with E-state index in [0.717, 1.165) is 12.1 Å². The predicted molar refractivity (Wildman–Crippen MR) is 67.3 cm³/mol. The van der Waals surface area contributed by atoms with E-state index in [1.165, 1.54) is 5.56 Å². The van der Waals surface area contributed by atoms with E-state index in [-0.39, 0.29) is 5.92 Å². The van der Waals surface area contributed by atoms with Crippen LogP contribution in [0, 0.1) is 5.92 Å². The zero-order chi connectivity index (χ0) is 12.0. The molecule has 0 aromatic heterocycles. The van der Waals surface area contributed by atoms with Gasteiger partial charge in [0, 0.05) is 25.1 Å². The predicted octanol–water partition coefficient (Wildman–Crippen LogP) is 2.39. The normalized spacial score (nSPS) is 10.5. The van der Waals surface area contributed by atoms with Gasteiger partial charge >= 0.3 is 0 Å². The van der Waals surface area contributed by atoms with Gasteiger partial charge in [-0.1, -0.05) is 26.0 Å². The molecule has 0 fully saturated rings. The number of ketones is 1. The number of rotatable bonds is 6. The smallest absolute Gasteiger partial charge is 0.135 e. The highest BCUT2D eigenvalue weighted by atomic mass is 16.1. The molecule has 1 rings (SSSR count). The van der Waals surface area contributed by atoms with Gasteiger partial charge in [0.1, 0.15) is 5.78 Å². The van der Waals surface area contributed by atoms with Gasteiger partial charge in [0.05, 0.1) is 0 Å². The molecule has 0 bridgehead atoms. The Morgan fingerprint density at radius 2 is 1.88 bits per heavy atom. The lowest BCUT2D eigenvalue weighted by molar-refractivity contribution is -0.121. The number of anilines is 1. The molecule has 2 N–H and O–H groups in total. The molecule has 0 aliphatic heterocycles. The van der Waals surface area contributed by atoms with Crippen molar-refractivity contribution in [2.45, 2.75) is 26.7 Å². The Kier molecular flexibility index (Phi) is 4.99. The molecule has 0 amide bonds. The SMILES string of the molecule is CNNc1ccc(CCC(=O)C(C)C)cc1. The standard InChI is InChI=1S/C13H20N2O/c1-10(2)13(16)9-6-11-4-7-12(8-5-11)15-14-3/h4-5,7-8,10,14-15H,6,9H2,1-3H3. The molecule has 3 nitrogen and oxygen atoms in total. The molecule has 0 radical (unpaired) electrons. The summed E-state index contributed by atoms with van der Waals surface area (Å²) in [4.78, 5) is 11.5. The Morgan fingerprint density at radius 1 is 1.25 bits per heavy atom. The Balaban J connectivity index is 2.46. The van der Waals surface area contributed by atoms with Crippen LogP contribution in [0.2, 0.25) is 0 Å². The average molecular weight is 220 g/mol. The van der Waals surface area contributed by atoms with Crippen LogP contribution >= 0.6 is 0 Å². The summed E-state index contributed by atoms with van der Waals surface area (Å²) in [5.74, 6) is 0.475. The second-order valence-electron chi connectivity index (χ2n) is 4.19. The molecule has 0 saturated carbocycles. The number of hydrogen-bond acceptors (Lipinski definition) is 3. The summed E-state index contributed by atoms with van der Waals surface area (Å²) in [6.45, 7) is 3.89. The highest BCUT2D eigenvalue weighted by Crippen LogP contribution is 2.11. The van der Waals surface area contributed by atoms with Crippen LogP contribution in [-0.4, -0.2) is 12.8 Å². The molecule has 3 heteroatoms. The largest absolute Gasteiger partial charge is 0.322 e. The van der Waals surface area contributed by atoms with E-state index in [0.29, 0.717) is 12.2 Å². The number of aryl methyl sites for hydroxylation is 1. The molecule has 0 aliphatic carbocycles. The highest BCUT2D eigenvalue weighted by Gasteiger charge is 2.06. The van der Waals surface area contributed by atoms with Crippen molar-refractivity contribution in [3.05, 3.63) is 29.8 Å². The first kappa shape index (κ1) is 12.7. The number of hydrogen-bond donors (Lipinski definition) is 2. The van der Waals surface area contributed by atoms with Crippen LogP contribution in [0.1, 0.15) is 25.8 Å². The maximum atomic E-state index is 11.5. The van der Waals surface area contributed by atoms with Crippen molar-refractivity contribution < 1.29 is 4.79 Å². The maximum Gasteiger partial charge on any atom is 0.135 e. The minimum Gasteiger partial charge on any atom is -0.322 e. The molecule has 0 spiro atoms. The van der Waals surface area contributed by atoms with Gasteiger partial charge in [-0.2, -0.15) is 0 Å². The molecular weight excluding hydrogens is 200 g/mol. The van der Waals surface area contributed by atoms with Crippen molar-refractivity contribution in [3.8, 4) is 0 Å². The Bertz CT molecular complexity index is 330. The minimum absolute atomic E-state index is 0.144. The van der Waals surface area contributed by atoms with Gasteiger partial charge in [0.2, 0.25) is 0 Å². The van der Waals surface area contributed by atoms with Crippen LogP contribution in [0.5, 0.6) is 0 Å². The average Bonchev–Trinajstić information content (AvgIpc) is 2.28. The van der Waals surface area contributed by atoms with E-state index in [9.17, 15) is 4.79 Å². The summed E-state index contributed by atoms with van der Waals surface area (Å²) in [5.41, 5.74) is 8.10. The van der Waals surface area contributed by atoms with Crippen molar-refractivity contribution in [1.29, 1.82) is 0 Å². The van der Waals surface area contributed by atoms with Crippen molar-refractivity contribution in [2.24, 2.45) is 5.92 Å². The van der Waals surface area contributed by atoms with Gasteiger partial charge in [-0.15, -0.1) is 0 Å². The number of carbonyl (C=O) groups is 1. The number of Topliss-reactive ketones (excluding diaryl/α,β-unsaturated/α-hetero) is 1. The summed E-state index contributed by atoms with van der Waals surface area (Å²) in [6.07, 6.45) is 1.47. The quantitative estimate of drug-likeness (QED) is 0.723. The third kappa shape index (κ3) is 4.03. The zero-order valence-electron chi connectivity index (χ0n) is 10.2. The fourth-order valence-corrected chi connectivity index (χ4v) is 1.46. The lowest BCUT2D eigenvalue weighted by Gasteiger charge is -2.06. The monoisotopic (exact) mass is 220 g/mol. The summed E-state index contributed by atoms with van der Waals surface area (Å²) in [6, 6.07) is 8.11. The molecule has 88 valence electrons. The van der Waals surface area contributed by atoms with Crippen molar-refractivity contribution in [2.75, 3.05) is 12.5 Å². The van der Waals surface area contributed by atoms with Crippen LogP contribution in [0.15, 0.2) is 24.3 Å². The molecule has 0 saturated heterocycles. The fourth-order valence-electron chi connectivity index (χ4n) is 1.46. The molecule has 0 atom stereocenters. The topological polar surface area (TPSA) is 41.1 Å². The van der Waals surface area contributed by atoms with Crippen LogP contribution in [0.4, 0.5) is 5.69 Å². The third-order valence-electron chi connectivity index (χ3n) is 2.53. The van der Waals surface area contributed by atoms with E-state index < -0.39 is 0 Å². The Hall–Kier alpha value is -1.35. The molecule has 16 heavy (non-hydrogen) atoms. The third-order valence-corrected chi connectivity index (χ3v) is 2.53. The molecule has 1 aromatic carbocycles. The summed E-state index contributed by atoms with van der Waals surface area (Å²) < 4.78 is 0. The van der Waals surface area contributed by atoms with Crippen LogP contribution < -0.4 is 10.9 Å². The van der Waals surface area contributed by atoms with Gasteiger partial charge < -0.3 is 5.43 Å². The zero-order valence-corrected chi connectivity index (χ0v) is 10.2. The lowest BCUT2D eigenvalue weighted by Crippen LogP contribution is -2.14. The van der Waals surface area contributed by atoms with Gasteiger partial charge in [-0.25, -0.2) is 5.43 Å². The van der Waals surface area contributed by atoms with E-state index in [4.69, 9.17) is 0 Å². The summed E-state index contributed by atoms with van der Waals surface area (Å²) >= 11 is 0. The number of carbonyl (C=O) groups excluding carboxylic acids is 1. The van der Waals surface area contributed by atoms with Gasteiger partial charge in [0.25, 0.3) is 0 Å². The summed E-state index contributed by atoms with van der Waals surface area (Å²) in [7, 11) is 1.83. The highest BCUT2D eigenvalue weighted by molar-refractivity contribution is 5.80. The second kappa shape index (κ2) is 6.28. The first-order valence-corrected chi connectivity index (χ1v) is 5.68. The van der Waals surface area contributed by atoms with Gasteiger partial charge in [0.15, 0.2) is 0 Å². The molecule has 0 heterocycles. The number of benzene rings is 1. The van der Waals surface area contributed by atoms with E-state index in [2.05, 4.69) is 10.9 Å². The van der Waals surface area contributed by atoms with Crippen molar-refractivity contribution >= 4 is 11.5 Å². The van der Waals surface area contributed by atoms with Crippen LogP contribution in [0.3, 0.4) is 0 Å². The first-order valence-electron chi connectivity index (χ1n) is 5.68. The van der Waals surface area contributed by atoms with Crippen LogP contribution in [-0.2, 0) is 11.2 Å². The number of nitrogens with one attached hydrogen (secondary N) is 2. The lowest BCUT2D eigenvalue weighted by atomic mass is 10.0. The van der Waals surface area contributed by atoms with E-state index in [1.807, 2.05) is 45.2 Å². The van der Waals surface area contributed by atoms with E-state index >= 15 is 0 Å². The molecule has 0 aliphatic rings. The first-order chi connectivity index (χ1) is 7.63. The van der Waals surface area contributed by atoms with Gasteiger partial charge in [-0.3, -0.25) is 4.79 Å². The number of hydrazine groups is 1. The van der Waals surface area contributed by atoms with Crippen molar-refractivity contribution in [3.63, 3.8) is 0 Å². The van der Waals surface area contributed by atoms with Gasteiger partial charge in [-0.05, 0) is 24.1 Å². The fraction of sp³-hybridized carbons (Fsp3) is 0.462.